The van der Waals surface area contributed by atoms with Crippen molar-refractivity contribution in [1.82, 2.24) is 20.5 Å². The summed E-state index contributed by atoms with van der Waals surface area (Å²) in [4.78, 5) is 32.5. The topological polar surface area (TPSA) is 104 Å². The SMILES string of the molecule is COc1ccc(CCNCC(O)C(Cc2ccccc2)NC(=O)c2cccc(C(=O)N(C)Cc3nc(C)cs3)c2)cc1. The molecule has 0 saturated carbocycles. The van der Waals surface area contributed by atoms with E-state index in [1.165, 1.54) is 11.3 Å². The molecule has 8 nitrogen and oxygen atoms in total. The van der Waals surface area contributed by atoms with Crippen molar-refractivity contribution >= 4 is 23.2 Å². The van der Waals surface area contributed by atoms with Crippen LogP contribution in [0.25, 0.3) is 0 Å². The summed E-state index contributed by atoms with van der Waals surface area (Å²) in [5.74, 6) is 0.273. The molecule has 4 rings (SSSR count). The molecule has 42 heavy (non-hydrogen) atoms. The Balaban J connectivity index is 1.38. The first kappa shape index (κ1) is 30.9. The maximum absolute atomic E-state index is 13.4. The molecule has 4 aromatic rings. The first-order chi connectivity index (χ1) is 20.3. The third kappa shape index (κ3) is 8.97. The number of carbonyl (C=O) groups excluding carboxylic acids is 2. The van der Waals surface area contributed by atoms with Gasteiger partial charge in [-0.3, -0.25) is 9.59 Å². The summed E-state index contributed by atoms with van der Waals surface area (Å²) in [7, 11) is 3.36. The number of aliphatic hydroxyl groups excluding tert-OH is 1. The molecule has 9 heteroatoms. The molecule has 2 atom stereocenters. The van der Waals surface area contributed by atoms with Crippen LogP contribution in [-0.2, 0) is 19.4 Å². The first-order valence-electron chi connectivity index (χ1n) is 14.0. The van der Waals surface area contributed by atoms with Crippen molar-refractivity contribution in [1.29, 1.82) is 0 Å². The number of carbonyl (C=O) groups is 2. The highest BCUT2D eigenvalue weighted by Crippen LogP contribution is 2.15. The van der Waals surface area contributed by atoms with Crippen molar-refractivity contribution in [3.05, 3.63) is 117 Å². The standard InChI is InChI=1S/C33H38N4O4S/c1-23-22-42-31(35-23)21-37(2)33(40)27-11-7-10-26(19-27)32(39)36-29(18-25-8-5-4-6-9-25)30(38)20-34-17-16-24-12-14-28(41-3)15-13-24/h4-15,19,22,29-30,34,38H,16-18,20-21H2,1-3H3,(H,36,39). The van der Waals surface area contributed by atoms with E-state index in [-0.39, 0.29) is 11.8 Å². The fourth-order valence-corrected chi connectivity index (χ4v) is 5.41. The maximum atomic E-state index is 13.4. The zero-order valence-electron chi connectivity index (χ0n) is 24.2. The minimum atomic E-state index is -0.831. The molecule has 3 N–H and O–H groups in total. The van der Waals surface area contributed by atoms with E-state index in [9.17, 15) is 14.7 Å². The summed E-state index contributed by atoms with van der Waals surface area (Å²) in [5, 5.41) is 20.3. The monoisotopic (exact) mass is 586 g/mol. The second-order valence-electron chi connectivity index (χ2n) is 10.3. The summed E-state index contributed by atoms with van der Waals surface area (Å²) in [6, 6.07) is 23.8. The average Bonchev–Trinajstić information content (AvgIpc) is 3.43. The van der Waals surface area contributed by atoms with E-state index in [2.05, 4.69) is 15.6 Å². The third-order valence-corrected chi connectivity index (χ3v) is 7.89. The van der Waals surface area contributed by atoms with Crippen molar-refractivity contribution in [2.24, 2.45) is 0 Å². The molecule has 0 radical (unpaired) electrons. The first-order valence-corrected chi connectivity index (χ1v) is 14.8. The number of nitrogens with zero attached hydrogens (tertiary/aromatic N) is 2. The zero-order valence-corrected chi connectivity index (χ0v) is 25.1. The smallest absolute Gasteiger partial charge is 0.253 e. The third-order valence-electron chi connectivity index (χ3n) is 6.94. The molecular formula is C33H38N4O4S. The van der Waals surface area contributed by atoms with Crippen LogP contribution in [0.5, 0.6) is 5.75 Å². The van der Waals surface area contributed by atoms with E-state index in [0.29, 0.717) is 37.2 Å². The number of hydrogen-bond donors (Lipinski definition) is 3. The lowest BCUT2D eigenvalue weighted by atomic mass is 10.00. The number of benzene rings is 3. The van der Waals surface area contributed by atoms with Crippen molar-refractivity contribution in [2.45, 2.75) is 38.5 Å². The van der Waals surface area contributed by atoms with E-state index in [0.717, 1.165) is 34.0 Å². The number of rotatable bonds is 14. The van der Waals surface area contributed by atoms with Gasteiger partial charge in [0.05, 0.1) is 25.8 Å². The Morgan fingerprint density at radius 3 is 2.43 bits per heavy atom. The predicted molar refractivity (Wildman–Crippen MR) is 166 cm³/mol. The van der Waals surface area contributed by atoms with Crippen LogP contribution in [0.1, 0.15) is 42.5 Å². The van der Waals surface area contributed by atoms with Crippen molar-refractivity contribution in [3.63, 3.8) is 0 Å². The molecule has 3 aromatic carbocycles. The minimum absolute atomic E-state index is 0.195. The fraction of sp³-hybridized carbons (Fsp3) is 0.303. The normalized spacial score (nSPS) is 12.4. The number of aromatic nitrogens is 1. The van der Waals surface area contributed by atoms with E-state index in [1.54, 1.807) is 43.3 Å². The Labute approximate surface area is 251 Å². The number of nitrogens with one attached hydrogen (secondary N) is 2. The van der Waals surface area contributed by atoms with Crippen LogP contribution in [0.3, 0.4) is 0 Å². The highest BCUT2D eigenvalue weighted by atomic mass is 32.1. The van der Waals surface area contributed by atoms with Crippen LogP contribution in [0.4, 0.5) is 0 Å². The molecule has 1 aromatic heterocycles. The fourth-order valence-electron chi connectivity index (χ4n) is 4.58. The number of ether oxygens (including phenoxy) is 1. The maximum Gasteiger partial charge on any atom is 0.253 e. The van der Waals surface area contributed by atoms with Gasteiger partial charge in [0.15, 0.2) is 0 Å². The van der Waals surface area contributed by atoms with E-state index < -0.39 is 12.1 Å². The van der Waals surface area contributed by atoms with Crippen LogP contribution < -0.4 is 15.4 Å². The zero-order chi connectivity index (χ0) is 29.9. The van der Waals surface area contributed by atoms with Gasteiger partial charge >= 0.3 is 0 Å². The number of thiazole rings is 1. The largest absolute Gasteiger partial charge is 0.497 e. The van der Waals surface area contributed by atoms with Crippen LogP contribution >= 0.6 is 11.3 Å². The molecular weight excluding hydrogens is 548 g/mol. The second-order valence-corrected chi connectivity index (χ2v) is 11.2. The lowest BCUT2D eigenvalue weighted by molar-refractivity contribution is 0.0784. The molecule has 0 aliphatic carbocycles. The van der Waals surface area contributed by atoms with E-state index in [4.69, 9.17) is 4.74 Å². The lowest BCUT2D eigenvalue weighted by Crippen LogP contribution is -2.49. The van der Waals surface area contributed by atoms with Gasteiger partial charge in [-0.2, -0.15) is 0 Å². The van der Waals surface area contributed by atoms with E-state index in [1.807, 2.05) is 66.9 Å². The van der Waals surface area contributed by atoms with Gasteiger partial charge in [0.1, 0.15) is 10.8 Å². The van der Waals surface area contributed by atoms with Crippen LogP contribution in [0, 0.1) is 6.92 Å². The minimum Gasteiger partial charge on any atom is -0.497 e. The molecule has 220 valence electrons. The summed E-state index contributed by atoms with van der Waals surface area (Å²) in [6.45, 7) is 3.30. The number of amides is 2. The molecule has 0 aliphatic heterocycles. The molecule has 0 bridgehead atoms. The van der Waals surface area contributed by atoms with Gasteiger partial charge in [-0.25, -0.2) is 4.98 Å². The van der Waals surface area contributed by atoms with Gasteiger partial charge in [0.2, 0.25) is 0 Å². The van der Waals surface area contributed by atoms with Gasteiger partial charge in [0, 0.05) is 35.8 Å². The molecule has 0 spiro atoms. The van der Waals surface area contributed by atoms with E-state index >= 15 is 0 Å². The summed E-state index contributed by atoms with van der Waals surface area (Å²) < 4.78 is 5.21. The Bertz CT molecular complexity index is 1440. The molecule has 0 saturated heterocycles. The molecule has 2 amide bonds. The van der Waals surface area contributed by atoms with Crippen molar-refractivity contribution in [2.75, 3.05) is 27.2 Å². The van der Waals surface area contributed by atoms with Crippen LogP contribution in [-0.4, -0.2) is 66.2 Å². The lowest BCUT2D eigenvalue weighted by Gasteiger charge is -2.25. The van der Waals surface area contributed by atoms with Crippen LogP contribution in [0.2, 0.25) is 0 Å². The van der Waals surface area contributed by atoms with Crippen molar-refractivity contribution < 1.29 is 19.4 Å². The van der Waals surface area contributed by atoms with Gasteiger partial charge in [-0.1, -0.05) is 48.5 Å². The molecule has 1 heterocycles. The molecule has 0 fully saturated rings. The number of aliphatic hydroxyl groups is 1. The van der Waals surface area contributed by atoms with Crippen LogP contribution in [0.15, 0.2) is 84.2 Å². The second kappa shape index (κ2) is 15.3. The van der Waals surface area contributed by atoms with Gasteiger partial charge in [0.25, 0.3) is 11.8 Å². The summed E-state index contributed by atoms with van der Waals surface area (Å²) in [5.41, 5.74) is 3.86. The molecule has 0 aliphatic rings. The Kier molecular flexibility index (Phi) is 11.2. The Hall–Kier alpha value is -4.05. The predicted octanol–water partition coefficient (Wildman–Crippen LogP) is 4.27. The number of aryl methyl sites for hydroxylation is 1. The van der Waals surface area contributed by atoms with Gasteiger partial charge in [-0.05, 0) is 67.8 Å². The Morgan fingerprint density at radius 2 is 1.74 bits per heavy atom. The van der Waals surface area contributed by atoms with Gasteiger partial charge < -0.3 is 25.4 Å². The highest BCUT2D eigenvalue weighted by Gasteiger charge is 2.23. The van der Waals surface area contributed by atoms with Crippen molar-refractivity contribution in [3.8, 4) is 5.75 Å². The number of hydrogen-bond acceptors (Lipinski definition) is 7. The average molecular weight is 587 g/mol. The molecule has 2 unspecified atom stereocenters. The summed E-state index contributed by atoms with van der Waals surface area (Å²) >= 11 is 1.51. The number of methoxy groups -OCH3 is 1. The highest BCUT2D eigenvalue weighted by molar-refractivity contribution is 7.09. The summed E-state index contributed by atoms with van der Waals surface area (Å²) in [6.07, 6.45) is 0.425. The van der Waals surface area contributed by atoms with Gasteiger partial charge in [-0.15, -0.1) is 11.3 Å². The Morgan fingerprint density at radius 1 is 1.00 bits per heavy atom. The quantitative estimate of drug-likeness (QED) is 0.191.